The molecule has 2 rings (SSSR count). The van der Waals surface area contributed by atoms with Gasteiger partial charge in [-0.1, -0.05) is 0 Å². The quantitative estimate of drug-likeness (QED) is 0.661. The van der Waals surface area contributed by atoms with Crippen molar-refractivity contribution in [1.29, 1.82) is 0 Å². The van der Waals surface area contributed by atoms with Crippen LogP contribution in [-0.4, -0.2) is 25.3 Å². The summed E-state index contributed by atoms with van der Waals surface area (Å²) in [4.78, 5) is 11.8. The summed E-state index contributed by atoms with van der Waals surface area (Å²) in [5.41, 5.74) is 6.14. The number of ether oxygens (including phenoxy) is 2. The maximum Gasteiger partial charge on any atom is 0.341 e. The van der Waals surface area contributed by atoms with E-state index in [2.05, 4.69) is 0 Å². The first kappa shape index (κ1) is 12.8. The highest BCUT2D eigenvalue weighted by Gasteiger charge is 2.20. The lowest BCUT2D eigenvalue weighted by molar-refractivity contribution is 0.0157. The number of benzene rings is 1. The lowest BCUT2D eigenvalue weighted by atomic mass is 10.1. The number of esters is 1. The third kappa shape index (κ3) is 2.79. The van der Waals surface area contributed by atoms with Gasteiger partial charge in [0.05, 0.1) is 11.7 Å². The number of halogens is 1. The molecule has 0 radical (unpaired) electrons. The van der Waals surface area contributed by atoms with E-state index >= 15 is 0 Å². The SMILES string of the molecule is Cc1cc(N)cc(C(=O)OCC2CCCO2)c1F. The Labute approximate surface area is 105 Å². The zero-order valence-corrected chi connectivity index (χ0v) is 10.2. The average molecular weight is 253 g/mol. The highest BCUT2D eigenvalue weighted by molar-refractivity contribution is 5.91. The van der Waals surface area contributed by atoms with E-state index in [1.54, 1.807) is 6.92 Å². The van der Waals surface area contributed by atoms with Gasteiger partial charge >= 0.3 is 5.97 Å². The number of rotatable bonds is 3. The summed E-state index contributed by atoms with van der Waals surface area (Å²) in [5.74, 6) is -1.28. The summed E-state index contributed by atoms with van der Waals surface area (Å²) in [6, 6.07) is 2.77. The third-order valence-electron chi connectivity index (χ3n) is 2.92. The molecule has 0 spiro atoms. The number of hydrogen-bond donors (Lipinski definition) is 1. The van der Waals surface area contributed by atoms with Crippen LogP contribution in [0.1, 0.15) is 28.8 Å². The summed E-state index contributed by atoms with van der Waals surface area (Å²) in [6.45, 7) is 2.41. The molecule has 1 aromatic carbocycles. The Morgan fingerprint density at radius 2 is 2.39 bits per heavy atom. The lowest BCUT2D eigenvalue weighted by Crippen LogP contribution is -2.19. The van der Waals surface area contributed by atoms with E-state index in [1.165, 1.54) is 12.1 Å². The van der Waals surface area contributed by atoms with Crippen molar-refractivity contribution >= 4 is 11.7 Å². The molecule has 1 saturated heterocycles. The van der Waals surface area contributed by atoms with Crippen molar-refractivity contribution in [2.45, 2.75) is 25.9 Å². The Morgan fingerprint density at radius 3 is 3.06 bits per heavy atom. The fourth-order valence-corrected chi connectivity index (χ4v) is 1.97. The predicted molar refractivity (Wildman–Crippen MR) is 64.8 cm³/mol. The third-order valence-corrected chi connectivity index (χ3v) is 2.92. The van der Waals surface area contributed by atoms with Gasteiger partial charge in [0.15, 0.2) is 0 Å². The molecule has 1 aliphatic heterocycles. The Bertz CT molecular complexity index is 456. The molecule has 1 aliphatic rings. The lowest BCUT2D eigenvalue weighted by Gasteiger charge is -2.11. The summed E-state index contributed by atoms with van der Waals surface area (Å²) < 4.78 is 24.1. The van der Waals surface area contributed by atoms with Crippen LogP contribution in [0.15, 0.2) is 12.1 Å². The van der Waals surface area contributed by atoms with Crippen molar-refractivity contribution in [1.82, 2.24) is 0 Å². The minimum Gasteiger partial charge on any atom is -0.459 e. The molecule has 1 aromatic rings. The molecule has 0 bridgehead atoms. The Kier molecular flexibility index (Phi) is 3.81. The zero-order valence-electron chi connectivity index (χ0n) is 10.2. The molecule has 5 heteroatoms. The number of aryl methyl sites for hydroxylation is 1. The molecule has 1 atom stereocenters. The van der Waals surface area contributed by atoms with Crippen LogP contribution in [0.5, 0.6) is 0 Å². The molecule has 2 N–H and O–H groups in total. The molecule has 0 saturated carbocycles. The number of nitrogen functional groups attached to an aromatic ring is 1. The Balaban J connectivity index is 2.04. The normalized spacial score (nSPS) is 18.9. The van der Waals surface area contributed by atoms with E-state index in [-0.39, 0.29) is 18.3 Å². The molecule has 0 amide bonds. The fraction of sp³-hybridized carbons (Fsp3) is 0.462. The number of carbonyl (C=O) groups excluding carboxylic acids is 1. The average Bonchev–Trinajstić information content (AvgIpc) is 2.83. The maximum atomic E-state index is 13.7. The van der Waals surface area contributed by atoms with Crippen molar-refractivity contribution in [2.75, 3.05) is 18.9 Å². The highest BCUT2D eigenvalue weighted by Crippen LogP contribution is 2.19. The molecule has 98 valence electrons. The molecule has 0 aromatic heterocycles. The van der Waals surface area contributed by atoms with Crippen LogP contribution in [0.2, 0.25) is 0 Å². The standard InChI is InChI=1S/C13H16FNO3/c1-8-5-9(15)6-11(12(8)14)13(16)18-7-10-3-2-4-17-10/h5-6,10H,2-4,7,15H2,1H3. The number of nitrogens with two attached hydrogens (primary N) is 1. The van der Waals surface area contributed by atoms with Gasteiger partial charge in [-0.3, -0.25) is 0 Å². The van der Waals surface area contributed by atoms with Crippen LogP contribution < -0.4 is 5.73 Å². The largest absolute Gasteiger partial charge is 0.459 e. The second-order valence-electron chi connectivity index (χ2n) is 4.43. The van der Waals surface area contributed by atoms with Crippen molar-refractivity contribution in [3.63, 3.8) is 0 Å². The molecule has 1 heterocycles. The van der Waals surface area contributed by atoms with Crippen LogP contribution in [0.25, 0.3) is 0 Å². The summed E-state index contributed by atoms with van der Waals surface area (Å²) >= 11 is 0. The van der Waals surface area contributed by atoms with Crippen LogP contribution in [0.4, 0.5) is 10.1 Å². The first-order valence-corrected chi connectivity index (χ1v) is 5.92. The van der Waals surface area contributed by atoms with Crippen molar-refractivity contribution in [3.05, 3.63) is 29.1 Å². The van der Waals surface area contributed by atoms with Gasteiger partial charge in [0.1, 0.15) is 12.4 Å². The second-order valence-corrected chi connectivity index (χ2v) is 4.43. The molecule has 1 unspecified atom stereocenters. The van der Waals surface area contributed by atoms with Gasteiger partial charge in [-0.25, -0.2) is 9.18 Å². The monoisotopic (exact) mass is 253 g/mol. The van der Waals surface area contributed by atoms with E-state index in [1.807, 2.05) is 0 Å². The minimum absolute atomic E-state index is 0.0702. The molecular formula is C13H16FNO3. The summed E-state index contributed by atoms with van der Waals surface area (Å²) in [7, 11) is 0. The van der Waals surface area contributed by atoms with Crippen LogP contribution in [0, 0.1) is 12.7 Å². The van der Waals surface area contributed by atoms with E-state index in [0.717, 1.165) is 12.8 Å². The molecular weight excluding hydrogens is 237 g/mol. The van der Waals surface area contributed by atoms with E-state index < -0.39 is 11.8 Å². The van der Waals surface area contributed by atoms with E-state index in [4.69, 9.17) is 15.2 Å². The number of anilines is 1. The van der Waals surface area contributed by atoms with Crippen molar-refractivity contribution < 1.29 is 18.7 Å². The fourth-order valence-electron chi connectivity index (χ4n) is 1.97. The van der Waals surface area contributed by atoms with E-state index in [0.29, 0.717) is 17.9 Å². The number of carbonyl (C=O) groups is 1. The molecule has 1 fully saturated rings. The second kappa shape index (κ2) is 5.35. The zero-order chi connectivity index (χ0) is 13.1. The van der Waals surface area contributed by atoms with Gasteiger partial charge in [0.25, 0.3) is 0 Å². The van der Waals surface area contributed by atoms with Gasteiger partial charge in [0.2, 0.25) is 0 Å². The smallest absolute Gasteiger partial charge is 0.341 e. The topological polar surface area (TPSA) is 61.6 Å². The van der Waals surface area contributed by atoms with Crippen LogP contribution >= 0.6 is 0 Å². The molecule has 18 heavy (non-hydrogen) atoms. The highest BCUT2D eigenvalue weighted by atomic mass is 19.1. The Hall–Kier alpha value is -1.62. The summed E-state index contributed by atoms with van der Waals surface area (Å²) in [5, 5.41) is 0. The molecule has 0 aliphatic carbocycles. The van der Waals surface area contributed by atoms with Crippen LogP contribution in [0.3, 0.4) is 0 Å². The predicted octanol–water partition coefficient (Wildman–Crippen LogP) is 2.05. The van der Waals surface area contributed by atoms with Gasteiger partial charge in [0, 0.05) is 12.3 Å². The first-order valence-electron chi connectivity index (χ1n) is 5.92. The minimum atomic E-state index is -0.696. The van der Waals surface area contributed by atoms with Gasteiger partial charge < -0.3 is 15.2 Å². The maximum absolute atomic E-state index is 13.7. The van der Waals surface area contributed by atoms with Gasteiger partial charge in [-0.05, 0) is 37.5 Å². The van der Waals surface area contributed by atoms with Crippen molar-refractivity contribution in [3.8, 4) is 0 Å². The van der Waals surface area contributed by atoms with Crippen molar-refractivity contribution in [2.24, 2.45) is 0 Å². The Morgan fingerprint density at radius 1 is 1.61 bits per heavy atom. The molecule has 4 nitrogen and oxygen atoms in total. The first-order chi connectivity index (χ1) is 8.58. The van der Waals surface area contributed by atoms with Gasteiger partial charge in [-0.2, -0.15) is 0 Å². The number of hydrogen-bond acceptors (Lipinski definition) is 4. The van der Waals surface area contributed by atoms with Crippen LogP contribution in [-0.2, 0) is 9.47 Å². The summed E-state index contributed by atoms with van der Waals surface area (Å²) in [6.07, 6.45) is 1.76. The van der Waals surface area contributed by atoms with Gasteiger partial charge in [-0.15, -0.1) is 0 Å². The van der Waals surface area contributed by atoms with E-state index in [9.17, 15) is 9.18 Å².